The van der Waals surface area contributed by atoms with E-state index in [4.69, 9.17) is 4.74 Å². The van der Waals surface area contributed by atoms with Crippen LogP contribution in [0.3, 0.4) is 0 Å². The number of hydrogen-bond acceptors (Lipinski definition) is 2. The van der Waals surface area contributed by atoms with E-state index in [1.165, 1.54) is 5.57 Å². The molecule has 2 heteroatoms. The number of esters is 1. The van der Waals surface area contributed by atoms with Gasteiger partial charge in [0.2, 0.25) is 0 Å². The Morgan fingerprint density at radius 2 is 2.38 bits per heavy atom. The molecule has 0 saturated carbocycles. The molecule has 1 aliphatic carbocycles. The van der Waals surface area contributed by atoms with Crippen molar-refractivity contribution in [2.75, 3.05) is 0 Å². The maximum atomic E-state index is 11.2. The lowest BCUT2D eigenvalue weighted by Gasteiger charge is -2.34. The maximum absolute atomic E-state index is 11.2. The molecule has 0 aromatic rings. The van der Waals surface area contributed by atoms with Crippen LogP contribution in [-0.2, 0) is 9.53 Å². The van der Waals surface area contributed by atoms with Crippen molar-refractivity contribution in [3.05, 3.63) is 11.6 Å². The molecule has 2 rings (SSSR count). The van der Waals surface area contributed by atoms with E-state index in [0.29, 0.717) is 12.3 Å². The van der Waals surface area contributed by atoms with E-state index in [-0.39, 0.29) is 11.6 Å². The molecule has 0 aromatic heterocycles. The second-order valence-electron chi connectivity index (χ2n) is 4.40. The quantitative estimate of drug-likeness (QED) is 0.423. The van der Waals surface area contributed by atoms with Gasteiger partial charge in [-0.3, -0.25) is 4.79 Å². The van der Waals surface area contributed by atoms with E-state index < -0.39 is 0 Å². The summed E-state index contributed by atoms with van der Waals surface area (Å²) in [5, 5.41) is 0. The van der Waals surface area contributed by atoms with Crippen LogP contribution in [0.5, 0.6) is 0 Å². The number of hydrogen-bond donors (Lipinski definition) is 0. The molecule has 72 valence electrons. The minimum absolute atomic E-state index is 0.0135. The van der Waals surface area contributed by atoms with Gasteiger partial charge in [-0.05, 0) is 19.8 Å². The largest absolute Gasteiger partial charge is 0.458 e. The number of carbonyl (C=O) groups is 1. The van der Waals surface area contributed by atoms with E-state index in [1.54, 1.807) is 0 Å². The predicted molar refractivity (Wildman–Crippen MR) is 50.2 cm³/mol. The maximum Gasteiger partial charge on any atom is 0.306 e. The van der Waals surface area contributed by atoms with Crippen molar-refractivity contribution >= 4 is 5.97 Å². The van der Waals surface area contributed by atoms with Crippen LogP contribution in [-0.4, -0.2) is 11.6 Å². The molecule has 2 unspecified atom stereocenters. The highest BCUT2D eigenvalue weighted by Crippen LogP contribution is 2.42. The first kappa shape index (κ1) is 8.79. The Balaban J connectivity index is 2.18. The fourth-order valence-electron chi connectivity index (χ4n) is 2.31. The van der Waals surface area contributed by atoms with Crippen LogP contribution >= 0.6 is 0 Å². The van der Waals surface area contributed by atoms with E-state index in [9.17, 15) is 4.79 Å². The van der Waals surface area contributed by atoms with Gasteiger partial charge in [0.25, 0.3) is 0 Å². The Labute approximate surface area is 79.0 Å². The zero-order chi connectivity index (χ0) is 9.47. The number of carbonyl (C=O) groups excluding carboxylic acids is 1. The summed E-state index contributed by atoms with van der Waals surface area (Å²) < 4.78 is 5.47. The molecular formula is C11H16O2. The second kappa shape index (κ2) is 2.86. The fraction of sp³-hybridized carbons (Fsp3) is 0.727. The molecule has 1 fully saturated rings. The Morgan fingerprint density at radius 3 is 2.85 bits per heavy atom. The van der Waals surface area contributed by atoms with Crippen LogP contribution in [0.4, 0.5) is 0 Å². The Hall–Kier alpha value is -0.790. The molecule has 13 heavy (non-hydrogen) atoms. The second-order valence-corrected chi connectivity index (χ2v) is 4.40. The van der Waals surface area contributed by atoms with Gasteiger partial charge in [0.15, 0.2) is 0 Å². The highest BCUT2D eigenvalue weighted by Gasteiger charge is 2.46. The van der Waals surface area contributed by atoms with Crippen molar-refractivity contribution in [3.8, 4) is 0 Å². The third-order valence-electron chi connectivity index (χ3n) is 3.43. The molecule has 2 aliphatic rings. The van der Waals surface area contributed by atoms with Crippen molar-refractivity contribution in [2.24, 2.45) is 5.92 Å². The lowest BCUT2D eigenvalue weighted by molar-refractivity contribution is -0.150. The van der Waals surface area contributed by atoms with Gasteiger partial charge in [0, 0.05) is 12.3 Å². The molecule has 0 amide bonds. The highest BCUT2D eigenvalue weighted by atomic mass is 16.6. The van der Waals surface area contributed by atoms with Gasteiger partial charge in [-0.15, -0.1) is 0 Å². The molecule has 2 nitrogen and oxygen atoms in total. The lowest BCUT2D eigenvalue weighted by Crippen LogP contribution is -2.35. The fourth-order valence-corrected chi connectivity index (χ4v) is 2.31. The Kier molecular flexibility index (Phi) is 1.94. The summed E-state index contributed by atoms with van der Waals surface area (Å²) in [5.74, 6) is 0.379. The minimum Gasteiger partial charge on any atom is -0.458 e. The zero-order valence-corrected chi connectivity index (χ0v) is 8.30. The Bertz CT molecular complexity index is 267. The first-order chi connectivity index (χ1) is 6.12. The summed E-state index contributed by atoms with van der Waals surface area (Å²) in [6, 6.07) is 0. The summed E-state index contributed by atoms with van der Waals surface area (Å²) in [6.45, 7) is 4.27. The average molecular weight is 180 g/mol. The summed E-state index contributed by atoms with van der Waals surface area (Å²) in [7, 11) is 0. The SMILES string of the molecule is CC1=CCC2(CC1)OC(=O)CC2C. The molecule has 1 saturated heterocycles. The number of ether oxygens (including phenoxy) is 1. The van der Waals surface area contributed by atoms with Crippen molar-refractivity contribution in [3.63, 3.8) is 0 Å². The van der Waals surface area contributed by atoms with E-state index >= 15 is 0 Å². The number of rotatable bonds is 0. The van der Waals surface area contributed by atoms with E-state index in [1.807, 2.05) is 0 Å². The van der Waals surface area contributed by atoms with Crippen molar-refractivity contribution in [1.29, 1.82) is 0 Å². The van der Waals surface area contributed by atoms with E-state index in [2.05, 4.69) is 19.9 Å². The van der Waals surface area contributed by atoms with Crippen LogP contribution in [0.1, 0.15) is 39.5 Å². The van der Waals surface area contributed by atoms with Crippen molar-refractivity contribution in [1.82, 2.24) is 0 Å². The van der Waals surface area contributed by atoms with Gasteiger partial charge < -0.3 is 4.74 Å². The van der Waals surface area contributed by atoms with Crippen LogP contribution < -0.4 is 0 Å². The van der Waals surface area contributed by atoms with Crippen molar-refractivity contribution in [2.45, 2.75) is 45.1 Å². The molecule has 0 aromatic carbocycles. The van der Waals surface area contributed by atoms with Gasteiger partial charge in [-0.25, -0.2) is 0 Å². The topological polar surface area (TPSA) is 26.3 Å². The molecule has 0 bridgehead atoms. The summed E-state index contributed by atoms with van der Waals surface area (Å²) in [5.41, 5.74) is 1.29. The van der Waals surface area contributed by atoms with Gasteiger partial charge >= 0.3 is 5.97 Å². The molecule has 1 heterocycles. The lowest BCUT2D eigenvalue weighted by atomic mass is 9.78. The molecule has 0 radical (unpaired) electrons. The molecule has 0 N–H and O–H groups in total. The first-order valence-electron chi connectivity index (χ1n) is 5.00. The standard InChI is InChI=1S/C11H16O2/c1-8-3-5-11(6-4-8)9(2)7-10(12)13-11/h3,9H,4-7H2,1-2H3. The molecule has 1 spiro atoms. The highest BCUT2D eigenvalue weighted by molar-refractivity contribution is 5.73. The van der Waals surface area contributed by atoms with Gasteiger partial charge in [0.1, 0.15) is 5.60 Å². The minimum atomic E-state index is -0.142. The third kappa shape index (κ3) is 1.38. The van der Waals surface area contributed by atoms with Crippen molar-refractivity contribution < 1.29 is 9.53 Å². The van der Waals surface area contributed by atoms with Crippen LogP contribution in [0.25, 0.3) is 0 Å². The Morgan fingerprint density at radius 1 is 1.62 bits per heavy atom. The summed E-state index contributed by atoms with van der Waals surface area (Å²) >= 11 is 0. The van der Waals surface area contributed by atoms with Gasteiger partial charge in [-0.1, -0.05) is 18.6 Å². The van der Waals surface area contributed by atoms with E-state index in [0.717, 1.165) is 19.3 Å². The summed E-state index contributed by atoms with van der Waals surface area (Å²) in [4.78, 5) is 11.2. The molecule has 2 atom stereocenters. The van der Waals surface area contributed by atoms with Gasteiger partial charge in [0.05, 0.1) is 6.42 Å². The molecule has 1 aliphatic heterocycles. The zero-order valence-electron chi connectivity index (χ0n) is 8.30. The van der Waals surface area contributed by atoms with Crippen LogP contribution in [0, 0.1) is 5.92 Å². The summed E-state index contributed by atoms with van der Waals surface area (Å²) in [6.07, 6.45) is 5.84. The van der Waals surface area contributed by atoms with Crippen LogP contribution in [0.2, 0.25) is 0 Å². The molecular weight excluding hydrogens is 164 g/mol. The third-order valence-corrected chi connectivity index (χ3v) is 3.43. The van der Waals surface area contributed by atoms with Gasteiger partial charge in [-0.2, -0.15) is 0 Å². The first-order valence-corrected chi connectivity index (χ1v) is 5.00. The monoisotopic (exact) mass is 180 g/mol. The number of allylic oxidation sites excluding steroid dienone is 1. The average Bonchev–Trinajstić information content (AvgIpc) is 2.34. The normalized spacial score (nSPS) is 39.1. The smallest absolute Gasteiger partial charge is 0.306 e. The van der Waals surface area contributed by atoms with Crippen LogP contribution in [0.15, 0.2) is 11.6 Å². The predicted octanol–water partition coefficient (Wildman–Crippen LogP) is 2.44.